The Hall–Kier alpha value is -2.44. The van der Waals surface area contributed by atoms with E-state index in [1.165, 1.54) is 22.3 Å². The van der Waals surface area contributed by atoms with Crippen LogP contribution in [-0.4, -0.2) is 13.4 Å². The van der Waals surface area contributed by atoms with Gasteiger partial charge in [-0.05, 0) is 56.7 Å². The van der Waals surface area contributed by atoms with Crippen LogP contribution in [0.5, 0.6) is 0 Å². The summed E-state index contributed by atoms with van der Waals surface area (Å²) in [7, 11) is 3.26. The number of hydrogen-bond acceptors (Lipinski definition) is 4. The van der Waals surface area contributed by atoms with Crippen molar-refractivity contribution < 1.29 is 0 Å². The van der Waals surface area contributed by atoms with Crippen LogP contribution >= 0.6 is 46.0 Å². The summed E-state index contributed by atoms with van der Waals surface area (Å²) >= 11 is 11.9. The molecule has 0 aliphatic rings. The van der Waals surface area contributed by atoms with Crippen LogP contribution in [0.1, 0.15) is 22.3 Å². The van der Waals surface area contributed by atoms with Crippen molar-refractivity contribution in [3.05, 3.63) is 144 Å². The summed E-state index contributed by atoms with van der Waals surface area (Å²) in [4.78, 5) is 2.27. The van der Waals surface area contributed by atoms with Crippen molar-refractivity contribution in [3.63, 3.8) is 0 Å². The summed E-state index contributed by atoms with van der Waals surface area (Å²) in [5.74, 6) is 0.252. The van der Waals surface area contributed by atoms with Crippen LogP contribution in [0.15, 0.2) is 121 Å². The fourth-order valence-electron chi connectivity index (χ4n) is 4.03. The van der Waals surface area contributed by atoms with Gasteiger partial charge in [-0.25, -0.2) is 0 Å². The molecule has 0 aromatic heterocycles. The first-order valence-corrected chi connectivity index (χ1v) is 15.0. The number of nitrogens with zero attached hydrogens (tertiary/aromatic N) is 1. The van der Waals surface area contributed by atoms with E-state index >= 15 is 0 Å². The van der Waals surface area contributed by atoms with Crippen LogP contribution in [0, 0.1) is 5.92 Å². The van der Waals surface area contributed by atoms with Crippen molar-refractivity contribution in [3.8, 4) is 0 Å². The van der Waals surface area contributed by atoms with Gasteiger partial charge in [0.15, 0.2) is 0 Å². The number of thiocarbonyl (C=S) groups is 2. The second-order valence-corrected chi connectivity index (χ2v) is 12.2. The SMILES string of the molecule is S=C(SSC(=S)N(Cc1ccccc1)Cc1ccccc1)C(Cc1ccccc1)Cc1ccccc1. The zero-order valence-electron chi connectivity index (χ0n) is 20.0. The van der Waals surface area contributed by atoms with E-state index < -0.39 is 0 Å². The van der Waals surface area contributed by atoms with Gasteiger partial charge in [-0.2, -0.15) is 0 Å². The third-order valence-electron chi connectivity index (χ3n) is 5.87. The molecule has 0 fully saturated rings. The molecule has 5 heteroatoms. The molecule has 4 aromatic rings. The van der Waals surface area contributed by atoms with Crippen LogP contribution in [0.4, 0.5) is 0 Å². The van der Waals surface area contributed by atoms with Gasteiger partial charge in [-0.1, -0.05) is 146 Å². The van der Waals surface area contributed by atoms with E-state index in [9.17, 15) is 0 Å². The lowest BCUT2D eigenvalue weighted by Crippen LogP contribution is -2.26. The number of rotatable bonds is 9. The van der Waals surface area contributed by atoms with Crippen LogP contribution < -0.4 is 0 Å². The predicted octanol–water partition coefficient (Wildman–Crippen LogP) is 8.78. The van der Waals surface area contributed by atoms with Gasteiger partial charge in [0.1, 0.15) is 4.32 Å². The summed E-state index contributed by atoms with van der Waals surface area (Å²) in [5.41, 5.74) is 5.11. The first-order chi connectivity index (χ1) is 17.7. The van der Waals surface area contributed by atoms with Crippen LogP contribution in [0.25, 0.3) is 0 Å². The standard InChI is InChI=1S/C31H29NS4/c33-30(29(21-25-13-5-1-6-14-25)22-26-15-7-2-8-16-26)35-36-31(34)32(23-27-17-9-3-10-18-27)24-28-19-11-4-12-20-28/h1-20,29H,21-24H2. The maximum absolute atomic E-state index is 6.00. The monoisotopic (exact) mass is 543 g/mol. The molecule has 0 atom stereocenters. The minimum Gasteiger partial charge on any atom is -0.348 e. The first kappa shape index (κ1) is 26.6. The Labute approximate surface area is 233 Å². The molecule has 36 heavy (non-hydrogen) atoms. The van der Waals surface area contributed by atoms with Crippen molar-refractivity contribution in [1.82, 2.24) is 4.90 Å². The number of benzene rings is 4. The van der Waals surface area contributed by atoms with Crippen molar-refractivity contribution in [2.24, 2.45) is 5.92 Å². The maximum atomic E-state index is 6.00. The highest BCUT2D eigenvalue weighted by molar-refractivity contribution is 8.89. The van der Waals surface area contributed by atoms with Gasteiger partial charge in [-0.3, -0.25) is 0 Å². The van der Waals surface area contributed by atoms with E-state index in [1.54, 1.807) is 21.6 Å². The third-order valence-corrected chi connectivity index (χ3v) is 9.84. The molecule has 0 N–H and O–H groups in total. The molecular formula is C31H29NS4. The van der Waals surface area contributed by atoms with Crippen molar-refractivity contribution in [1.29, 1.82) is 0 Å². The third kappa shape index (κ3) is 8.59. The van der Waals surface area contributed by atoms with Crippen molar-refractivity contribution >= 4 is 54.5 Å². The first-order valence-electron chi connectivity index (χ1n) is 12.0. The summed E-state index contributed by atoms with van der Waals surface area (Å²) in [6, 6.07) is 42.3. The minimum atomic E-state index is 0.252. The van der Waals surface area contributed by atoms with Gasteiger partial charge in [0.05, 0.1) is 4.20 Å². The summed E-state index contributed by atoms with van der Waals surface area (Å²) < 4.78 is 1.85. The van der Waals surface area contributed by atoms with Crippen LogP contribution in [-0.2, 0) is 25.9 Å². The molecule has 182 valence electrons. The van der Waals surface area contributed by atoms with E-state index in [1.807, 2.05) is 12.1 Å². The quantitative estimate of drug-likeness (QED) is 0.153. The van der Waals surface area contributed by atoms with Crippen LogP contribution in [0.2, 0.25) is 0 Å². The molecular weight excluding hydrogens is 515 g/mol. The highest BCUT2D eigenvalue weighted by Crippen LogP contribution is 2.33. The Morgan fingerprint density at radius 1 is 0.528 bits per heavy atom. The predicted molar refractivity (Wildman–Crippen MR) is 166 cm³/mol. The average molecular weight is 544 g/mol. The Morgan fingerprint density at radius 3 is 1.28 bits per heavy atom. The van der Waals surface area contributed by atoms with E-state index in [2.05, 4.69) is 114 Å². The smallest absolute Gasteiger partial charge is 0.148 e. The fourth-order valence-corrected chi connectivity index (χ4v) is 6.81. The maximum Gasteiger partial charge on any atom is 0.148 e. The van der Waals surface area contributed by atoms with Crippen LogP contribution in [0.3, 0.4) is 0 Å². The van der Waals surface area contributed by atoms with E-state index in [-0.39, 0.29) is 5.92 Å². The van der Waals surface area contributed by atoms with E-state index in [0.717, 1.165) is 34.4 Å². The number of hydrogen-bond donors (Lipinski definition) is 0. The van der Waals surface area contributed by atoms with Crippen molar-refractivity contribution in [2.45, 2.75) is 25.9 Å². The van der Waals surface area contributed by atoms with Gasteiger partial charge >= 0.3 is 0 Å². The Bertz CT molecular complexity index is 1030. The Kier molecular flexibility index (Phi) is 10.6. The molecule has 0 heterocycles. The molecule has 0 unspecified atom stereocenters. The molecule has 0 aliphatic heterocycles. The topological polar surface area (TPSA) is 3.24 Å². The molecule has 0 radical (unpaired) electrons. The highest BCUT2D eigenvalue weighted by atomic mass is 33.1. The zero-order chi connectivity index (χ0) is 25.0. The molecule has 1 nitrogen and oxygen atoms in total. The average Bonchev–Trinajstić information content (AvgIpc) is 2.93. The second-order valence-electron chi connectivity index (χ2n) is 8.66. The largest absolute Gasteiger partial charge is 0.348 e. The van der Waals surface area contributed by atoms with E-state index in [0.29, 0.717) is 0 Å². The lowest BCUT2D eigenvalue weighted by Gasteiger charge is -2.25. The Morgan fingerprint density at radius 2 is 0.889 bits per heavy atom. The lowest BCUT2D eigenvalue weighted by atomic mass is 9.94. The van der Waals surface area contributed by atoms with Gasteiger partial charge in [-0.15, -0.1) is 0 Å². The minimum absolute atomic E-state index is 0.252. The Balaban J connectivity index is 1.44. The summed E-state index contributed by atoms with van der Waals surface area (Å²) in [6.45, 7) is 1.54. The molecule has 0 amide bonds. The summed E-state index contributed by atoms with van der Waals surface area (Å²) in [5, 5.41) is 0. The molecule has 4 aromatic carbocycles. The molecule has 0 bridgehead atoms. The zero-order valence-corrected chi connectivity index (χ0v) is 23.3. The lowest BCUT2D eigenvalue weighted by molar-refractivity contribution is 0.421. The van der Waals surface area contributed by atoms with Gasteiger partial charge in [0, 0.05) is 19.0 Å². The molecule has 0 aliphatic carbocycles. The van der Waals surface area contributed by atoms with Gasteiger partial charge in [0.2, 0.25) is 0 Å². The van der Waals surface area contributed by atoms with Gasteiger partial charge in [0.25, 0.3) is 0 Å². The molecule has 0 saturated heterocycles. The fraction of sp³-hybridized carbons (Fsp3) is 0.161. The van der Waals surface area contributed by atoms with Crippen molar-refractivity contribution in [2.75, 3.05) is 0 Å². The second kappa shape index (κ2) is 14.3. The molecule has 0 spiro atoms. The van der Waals surface area contributed by atoms with Gasteiger partial charge < -0.3 is 4.90 Å². The molecule has 4 rings (SSSR count). The molecule has 0 saturated carbocycles. The highest BCUT2D eigenvalue weighted by Gasteiger charge is 2.20. The van der Waals surface area contributed by atoms with E-state index in [4.69, 9.17) is 24.4 Å². The summed E-state index contributed by atoms with van der Waals surface area (Å²) in [6.07, 6.45) is 1.85. The normalized spacial score (nSPS) is 10.8.